The van der Waals surface area contributed by atoms with E-state index in [0.717, 1.165) is 18.6 Å². The van der Waals surface area contributed by atoms with Crippen LogP contribution in [0.2, 0.25) is 0 Å². The zero-order chi connectivity index (χ0) is 12.1. The number of hydrogen-bond donors (Lipinski definition) is 1. The molecule has 0 bridgehead atoms. The van der Waals surface area contributed by atoms with Crippen LogP contribution in [0.3, 0.4) is 0 Å². The first-order valence-electron chi connectivity index (χ1n) is 6.72. The normalized spacial score (nSPS) is 20.2. The van der Waals surface area contributed by atoms with Gasteiger partial charge in [0.15, 0.2) is 0 Å². The predicted molar refractivity (Wildman–Crippen MR) is 71.7 cm³/mol. The molecule has 2 heteroatoms. The molecule has 0 spiro atoms. The smallest absolute Gasteiger partial charge is 0.119 e. The number of benzene rings is 1. The second kappa shape index (κ2) is 6.06. The minimum absolute atomic E-state index is 0.653. The molecule has 0 radical (unpaired) electrons. The lowest BCUT2D eigenvalue weighted by Crippen LogP contribution is -2.35. The van der Waals surface area contributed by atoms with Crippen LogP contribution in [0.15, 0.2) is 18.2 Å². The maximum atomic E-state index is 5.37. The van der Waals surface area contributed by atoms with Crippen molar-refractivity contribution in [2.45, 2.75) is 45.1 Å². The van der Waals surface area contributed by atoms with Crippen LogP contribution in [-0.4, -0.2) is 19.7 Å². The van der Waals surface area contributed by atoms with Crippen molar-refractivity contribution in [3.8, 4) is 5.75 Å². The van der Waals surface area contributed by atoms with Gasteiger partial charge in [-0.3, -0.25) is 0 Å². The summed E-state index contributed by atoms with van der Waals surface area (Å²) < 4.78 is 5.37. The zero-order valence-corrected chi connectivity index (χ0v) is 11.0. The number of rotatable bonds is 4. The Bertz CT molecular complexity index is 334. The summed E-state index contributed by atoms with van der Waals surface area (Å²) in [5, 5.41) is 3.60. The summed E-state index contributed by atoms with van der Waals surface area (Å²) in [6.07, 6.45) is 6.20. The second-order valence-electron chi connectivity index (χ2n) is 4.89. The third kappa shape index (κ3) is 3.47. The van der Waals surface area contributed by atoms with Gasteiger partial charge in [0.25, 0.3) is 0 Å². The van der Waals surface area contributed by atoms with Crippen LogP contribution in [0.4, 0.5) is 0 Å². The van der Waals surface area contributed by atoms with Gasteiger partial charge >= 0.3 is 0 Å². The molecule has 17 heavy (non-hydrogen) atoms. The number of ether oxygens (including phenoxy) is 1. The molecule has 1 aliphatic rings. The van der Waals surface area contributed by atoms with Crippen LogP contribution in [0.5, 0.6) is 5.75 Å². The van der Waals surface area contributed by atoms with E-state index < -0.39 is 0 Å². The fourth-order valence-corrected chi connectivity index (χ4v) is 2.55. The maximum Gasteiger partial charge on any atom is 0.119 e. The summed E-state index contributed by atoms with van der Waals surface area (Å²) in [5.74, 6) is 0.996. The van der Waals surface area contributed by atoms with Crippen molar-refractivity contribution in [1.29, 1.82) is 0 Å². The van der Waals surface area contributed by atoms with Gasteiger partial charge in [0.2, 0.25) is 0 Å². The Kier molecular flexibility index (Phi) is 4.43. The highest BCUT2D eigenvalue weighted by atomic mass is 16.5. The standard InChI is InChI=1S/C15H23NO/c1-3-12-8-13(11-15(10-12)17-2)9-14-6-4-5-7-16-14/h8,10-11,14,16H,3-7,9H2,1-2H3. The van der Waals surface area contributed by atoms with Crippen molar-refractivity contribution in [2.24, 2.45) is 0 Å². The number of hydrogen-bond acceptors (Lipinski definition) is 2. The second-order valence-corrected chi connectivity index (χ2v) is 4.89. The molecule has 1 atom stereocenters. The number of piperidine rings is 1. The quantitative estimate of drug-likeness (QED) is 0.863. The van der Waals surface area contributed by atoms with Gasteiger partial charge in [-0.05, 0) is 55.5 Å². The van der Waals surface area contributed by atoms with Gasteiger partial charge in [0.05, 0.1) is 7.11 Å². The molecule has 1 saturated heterocycles. The molecule has 1 aromatic carbocycles. The van der Waals surface area contributed by atoms with Crippen molar-refractivity contribution < 1.29 is 4.74 Å². The van der Waals surface area contributed by atoms with Crippen LogP contribution in [0.25, 0.3) is 0 Å². The van der Waals surface area contributed by atoms with Crippen molar-refractivity contribution >= 4 is 0 Å². The monoisotopic (exact) mass is 233 g/mol. The highest BCUT2D eigenvalue weighted by molar-refractivity contribution is 5.35. The van der Waals surface area contributed by atoms with Gasteiger partial charge in [0.1, 0.15) is 5.75 Å². The van der Waals surface area contributed by atoms with Crippen molar-refractivity contribution in [1.82, 2.24) is 5.32 Å². The van der Waals surface area contributed by atoms with Gasteiger partial charge in [-0.25, -0.2) is 0 Å². The summed E-state index contributed by atoms with van der Waals surface area (Å²) >= 11 is 0. The molecule has 0 aliphatic carbocycles. The third-order valence-corrected chi connectivity index (χ3v) is 3.56. The average Bonchev–Trinajstić information content (AvgIpc) is 2.39. The molecule has 0 amide bonds. The van der Waals surface area contributed by atoms with Crippen LogP contribution >= 0.6 is 0 Å². The van der Waals surface area contributed by atoms with Crippen LogP contribution in [-0.2, 0) is 12.8 Å². The Morgan fingerprint density at radius 3 is 2.71 bits per heavy atom. The fourth-order valence-electron chi connectivity index (χ4n) is 2.55. The van der Waals surface area contributed by atoms with Gasteiger partial charge in [0, 0.05) is 6.04 Å². The highest BCUT2D eigenvalue weighted by Crippen LogP contribution is 2.20. The molecule has 1 unspecified atom stereocenters. The van der Waals surface area contributed by atoms with E-state index in [9.17, 15) is 0 Å². The van der Waals surface area contributed by atoms with E-state index in [1.165, 1.54) is 36.9 Å². The largest absolute Gasteiger partial charge is 0.497 e. The average molecular weight is 233 g/mol. The fraction of sp³-hybridized carbons (Fsp3) is 0.600. The number of methoxy groups -OCH3 is 1. The molecule has 94 valence electrons. The van der Waals surface area contributed by atoms with Crippen molar-refractivity contribution in [3.63, 3.8) is 0 Å². The van der Waals surface area contributed by atoms with Gasteiger partial charge in [-0.1, -0.05) is 19.4 Å². The van der Waals surface area contributed by atoms with Crippen molar-refractivity contribution in [2.75, 3.05) is 13.7 Å². The lowest BCUT2D eigenvalue weighted by molar-refractivity contribution is 0.396. The molecule has 0 saturated carbocycles. The summed E-state index contributed by atoms with van der Waals surface area (Å²) in [5.41, 5.74) is 2.77. The minimum Gasteiger partial charge on any atom is -0.497 e. The summed E-state index contributed by atoms with van der Waals surface area (Å²) in [6.45, 7) is 3.37. The molecule has 0 aromatic heterocycles. The summed E-state index contributed by atoms with van der Waals surface area (Å²) in [7, 11) is 1.75. The van der Waals surface area contributed by atoms with Gasteiger partial charge in [-0.2, -0.15) is 0 Å². The van der Waals surface area contributed by atoms with E-state index in [0.29, 0.717) is 6.04 Å². The van der Waals surface area contributed by atoms with E-state index in [1.807, 2.05) is 0 Å². The minimum atomic E-state index is 0.653. The Balaban J connectivity index is 2.07. The van der Waals surface area contributed by atoms with Crippen LogP contribution in [0, 0.1) is 0 Å². The molecule has 1 N–H and O–H groups in total. The summed E-state index contributed by atoms with van der Waals surface area (Å²) in [6, 6.07) is 7.28. The molecule has 2 rings (SSSR count). The first-order valence-corrected chi connectivity index (χ1v) is 6.72. The molecular formula is C15H23NO. The number of nitrogens with one attached hydrogen (secondary N) is 1. The Morgan fingerprint density at radius 2 is 2.06 bits per heavy atom. The Morgan fingerprint density at radius 1 is 1.24 bits per heavy atom. The number of aryl methyl sites for hydroxylation is 1. The molecule has 2 nitrogen and oxygen atoms in total. The highest BCUT2D eigenvalue weighted by Gasteiger charge is 2.13. The molecule has 1 fully saturated rings. The van der Waals surface area contributed by atoms with Gasteiger partial charge < -0.3 is 10.1 Å². The maximum absolute atomic E-state index is 5.37. The zero-order valence-electron chi connectivity index (χ0n) is 11.0. The van der Waals surface area contributed by atoms with E-state index in [-0.39, 0.29) is 0 Å². The van der Waals surface area contributed by atoms with Crippen LogP contribution < -0.4 is 10.1 Å². The lowest BCUT2D eigenvalue weighted by atomic mass is 9.96. The van der Waals surface area contributed by atoms with Crippen LogP contribution in [0.1, 0.15) is 37.3 Å². The predicted octanol–water partition coefficient (Wildman–Crippen LogP) is 2.94. The van der Waals surface area contributed by atoms with E-state index in [1.54, 1.807) is 7.11 Å². The molecule has 1 aliphatic heterocycles. The first kappa shape index (κ1) is 12.4. The molecule has 1 heterocycles. The first-order chi connectivity index (χ1) is 8.31. The third-order valence-electron chi connectivity index (χ3n) is 3.56. The molecule has 1 aromatic rings. The van der Waals surface area contributed by atoms with E-state index >= 15 is 0 Å². The van der Waals surface area contributed by atoms with E-state index in [4.69, 9.17) is 4.74 Å². The van der Waals surface area contributed by atoms with Gasteiger partial charge in [-0.15, -0.1) is 0 Å². The summed E-state index contributed by atoms with van der Waals surface area (Å²) in [4.78, 5) is 0. The van der Waals surface area contributed by atoms with E-state index in [2.05, 4.69) is 30.4 Å². The lowest BCUT2D eigenvalue weighted by Gasteiger charge is -2.23. The molecular weight excluding hydrogens is 210 g/mol. The Labute approximate surface area is 104 Å². The Hall–Kier alpha value is -1.02. The van der Waals surface area contributed by atoms with Crippen molar-refractivity contribution in [3.05, 3.63) is 29.3 Å². The SMILES string of the molecule is CCc1cc(CC2CCCCN2)cc(OC)c1. The topological polar surface area (TPSA) is 21.3 Å².